The van der Waals surface area contributed by atoms with Gasteiger partial charge in [-0.15, -0.1) is 0 Å². The molecule has 0 fully saturated rings. The lowest BCUT2D eigenvalue weighted by atomic mass is 10.0. The van der Waals surface area contributed by atoms with Crippen LogP contribution in [-0.4, -0.2) is 52.3 Å². The number of amides is 1. The summed E-state index contributed by atoms with van der Waals surface area (Å²) in [4.78, 5) is 44.7. The molecule has 0 rings (SSSR count). The summed E-state index contributed by atoms with van der Waals surface area (Å²) in [5.41, 5.74) is 0. The molecule has 0 aliphatic rings. The van der Waals surface area contributed by atoms with Crippen LogP contribution in [0.3, 0.4) is 0 Å². The topological polar surface area (TPSA) is 112 Å². The summed E-state index contributed by atoms with van der Waals surface area (Å²) in [6.07, 6.45) is 15.2. The van der Waals surface area contributed by atoms with E-state index in [1.54, 1.807) is 6.29 Å². The lowest BCUT2D eigenvalue weighted by Gasteiger charge is -2.19. The molecular weight excluding hydrogens is 362 g/mol. The van der Waals surface area contributed by atoms with E-state index in [2.05, 4.69) is 0 Å². The number of rotatable bonds is 20. The molecule has 7 nitrogen and oxygen atoms in total. The average molecular weight is 399 g/mol. The molecule has 161 valence electrons. The van der Waals surface area contributed by atoms with E-state index in [0.717, 1.165) is 44.9 Å². The Kier molecular flexibility index (Phi) is 17.2. The number of nitrogens with zero attached hydrogens (tertiary/aromatic N) is 1. The van der Waals surface area contributed by atoms with Gasteiger partial charge in [0.1, 0.15) is 6.54 Å². The highest BCUT2D eigenvalue weighted by Crippen LogP contribution is 2.13. The number of carboxylic acids is 2. The summed E-state index contributed by atoms with van der Waals surface area (Å²) in [6.45, 7) is -0.242. The minimum absolute atomic E-state index is 0.0430. The first-order valence-electron chi connectivity index (χ1n) is 10.5. The molecule has 0 heterocycles. The SMILES string of the molecule is O=[C]CCN(CC(=O)O)C(=O)CCCCCCCCCCCCCCC(=O)O. The third kappa shape index (κ3) is 17.5. The Balaban J connectivity index is 3.50. The highest BCUT2D eigenvalue weighted by molar-refractivity contribution is 5.81. The van der Waals surface area contributed by atoms with Gasteiger partial charge in [0.2, 0.25) is 5.91 Å². The quantitative estimate of drug-likeness (QED) is 0.300. The van der Waals surface area contributed by atoms with Crippen LogP contribution >= 0.6 is 0 Å². The number of carboxylic acid groups (broad SMARTS) is 2. The fourth-order valence-electron chi connectivity index (χ4n) is 3.11. The molecule has 2 N–H and O–H groups in total. The Labute approximate surface area is 168 Å². The van der Waals surface area contributed by atoms with Gasteiger partial charge in [-0.1, -0.05) is 64.2 Å². The molecule has 0 spiro atoms. The van der Waals surface area contributed by atoms with Crippen LogP contribution in [-0.2, 0) is 19.2 Å². The van der Waals surface area contributed by atoms with Crippen LogP contribution in [0.1, 0.15) is 96.3 Å². The Morgan fingerprint density at radius 1 is 0.643 bits per heavy atom. The van der Waals surface area contributed by atoms with Crippen molar-refractivity contribution in [2.24, 2.45) is 0 Å². The highest BCUT2D eigenvalue weighted by atomic mass is 16.4. The number of hydrogen-bond donors (Lipinski definition) is 2. The van der Waals surface area contributed by atoms with Crippen LogP contribution in [0.25, 0.3) is 0 Å². The molecule has 0 saturated heterocycles. The second kappa shape index (κ2) is 18.4. The van der Waals surface area contributed by atoms with Crippen molar-refractivity contribution >= 4 is 24.1 Å². The summed E-state index contributed by atoms with van der Waals surface area (Å²) in [6, 6.07) is 0. The molecule has 0 aromatic carbocycles. The fraction of sp³-hybridized carbons (Fsp3) is 0.810. The molecular formula is C21H36NO6. The van der Waals surface area contributed by atoms with Gasteiger partial charge in [-0.25, -0.2) is 0 Å². The van der Waals surface area contributed by atoms with Gasteiger partial charge in [0.05, 0.1) is 0 Å². The van der Waals surface area contributed by atoms with Gasteiger partial charge in [0.15, 0.2) is 6.29 Å². The average Bonchev–Trinajstić information content (AvgIpc) is 2.64. The predicted octanol–water partition coefficient (Wildman–Crippen LogP) is 3.95. The minimum atomic E-state index is -1.07. The maximum absolute atomic E-state index is 12.0. The molecule has 0 aromatic rings. The van der Waals surface area contributed by atoms with Gasteiger partial charge in [-0.05, 0) is 12.8 Å². The Morgan fingerprint density at radius 3 is 1.46 bits per heavy atom. The summed E-state index contributed by atoms with van der Waals surface area (Å²) < 4.78 is 0. The standard InChI is InChI=1S/C21H36NO6/c23-17-13-16-22(18-21(27)28)19(24)14-11-9-7-5-3-1-2-4-6-8-10-12-15-20(25)26/h1-16,18H2,(H,25,26)(H,27,28). The monoisotopic (exact) mass is 398 g/mol. The van der Waals surface area contributed by atoms with Crippen molar-refractivity contribution in [2.45, 2.75) is 96.3 Å². The van der Waals surface area contributed by atoms with Gasteiger partial charge in [0.25, 0.3) is 0 Å². The van der Waals surface area contributed by atoms with Crippen molar-refractivity contribution in [3.05, 3.63) is 0 Å². The highest BCUT2D eigenvalue weighted by Gasteiger charge is 2.15. The lowest BCUT2D eigenvalue weighted by molar-refractivity contribution is -0.144. The molecule has 1 radical (unpaired) electrons. The maximum atomic E-state index is 12.0. The van der Waals surface area contributed by atoms with E-state index in [4.69, 9.17) is 10.2 Å². The first-order chi connectivity index (χ1) is 13.5. The van der Waals surface area contributed by atoms with E-state index in [-0.39, 0.29) is 31.8 Å². The first-order valence-corrected chi connectivity index (χ1v) is 10.5. The first kappa shape index (κ1) is 26.1. The van der Waals surface area contributed by atoms with Crippen molar-refractivity contribution in [1.29, 1.82) is 0 Å². The minimum Gasteiger partial charge on any atom is -0.481 e. The molecule has 0 aromatic heterocycles. The van der Waals surface area contributed by atoms with E-state index < -0.39 is 11.9 Å². The number of carbonyl (C=O) groups excluding carboxylic acids is 2. The van der Waals surface area contributed by atoms with Crippen molar-refractivity contribution in [1.82, 2.24) is 4.90 Å². The van der Waals surface area contributed by atoms with E-state index in [1.807, 2.05) is 0 Å². The molecule has 7 heteroatoms. The zero-order chi connectivity index (χ0) is 21.0. The second-order valence-electron chi connectivity index (χ2n) is 7.24. The van der Waals surface area contributed by atoms with Crippen molar-refractivity contribution in [3.8, 4) is 0 Å². The van der Waals surface area contributed by atoms with Crippen LogP contribution in [0.4, 0.5) is 0 Å². The third-order valence-corrected chi connectivity index (χ3v) is 4.69. The van der Waals surface area contributed by atoms with E-state index in [0.29, 0.717) is 6.42 Å². The van der Waals surface area contributed by atoms with E-state index >= 15 is 0 Å². The van der Waals surface area contributed by atoms with Crippen molar-refractivity contribution in [3.63, 3.8) is 0 Å². The molecule has 0 saturated carbocycles. The largest absolute Gasteiger partial charge is 0.481 e. The molecule has 0 atom stereocenters. The van der Waals surface area contributed by atoms with Gasteiger partial charge in [0, 0.05) is 25.8 Å². The number of hydrogen-bond acceptors (Lipinski definition) is 4. The molecule has 0 bridgehead atoms. The van der Waals surface area contributed by atoms with Gasteiger partial charge < -0.3 is 15.1 Å². The van der Waals surface area contributed by atoms with E-state index in [9.17, 15) is 19.2 Å². The van der Waals surface area contributed by atoms with Crippen molar-refractivity contribution < 1.29 is 29.4 Å². The summed E-state index contributed by atoms with van der Waals surface area (Å²) >= 11 is 0. The number of carbonyl (C=O) groups is 3. The number of aliphatic carboxylic acids is 2. The lowest BCUT2D eigenvalue weighted by Crippen LogP contribution is -2.36. The second-order valence-corrected chi connectivity index (χ2v) is 7.24. The van der Waals surface area contributed by atoms with Crippen LogP contribution < -0.4 is 0 Å². The third-order valence-electron chi connectivity index (χ3n) is 4.69. The molecule has 0 unspecified atom stereocenters. The van der Waals surface area contributed by atoms with Crippen LogP contribution in [0.2, 0.25) is 0 Å². The normalized spacial score (nSPS) is 10.6. The summed E-state index contributed by atoms with van der Waals surface area (Å²) in [5.74, 6) is -1.99. The zero-order valence-electron chi connectivity index (χ0n) is 17.0. The van der Waals surface area contributed by atoms with Crippen molar-refractivity contribution in [2.75, 3.05) is 13.1 Å². The molecule has 28 heavy (non-hydrogen) atoms. The Bertz CT molecular complexity index is 452. The van der Waals surface area contributed by atoms with E-state index in [1.165, 1.54) is 37.0 Å². The van der Waals surface area contributed by atoms with Crippen LogP contribution in [0.15, 0.2) is 0 Å². The van der Waals surface area contributed by atoms with Crippen LogP contribution in [0.5, 0.6) is 0 Å². The Hall–Kier alpha value is -1.92. The summed E-state index contributed by atoms with van der Waals surface area (Å²) in [5, 5.41) is 17.4. The van der Waals surface area contributed by atoms with Gasteiger partial charge in [-0.2, -0.15) is 0 Å². The smallest absolute Gasteiger partial charge is 0.323 e. The fourth-order valence-corrected chi connectivity index (χ4v) is 3.11. The van der Waals surface area contributed by atoms with Gasteiger partial charge in [-0.3, -0.25) is 19.2 Å². The predicted molar refractivity (Wildman–Crippen MR) is 107 cm³/mol. The van der Waals surface area contributed by atoms with Crippen LogP contribution in [0, 0.1) is 0 Å². The van der Waals surface area contributed by atoms with Gasteiger partial charge >= 0.3 is 11.9 Å². The molecule has 0 aliphatic heterocycles. The molecule has 0 aliphatic carbocycles. The number of unbranched alkanes of at least 4 members (excludes halogenated alkanes) is 11. The Morgan fingerprint density at radius 2 is 1.07 bits per heavy atom. The zero-order valence-corrected chi connectivity index (χ0v) is 17.0. The molecule has 1 amide bonds. The summed E-state index contributed by atoms with van der Waals surface area (Å²) in [7, 11) is 0. The maximum Gasteiger partial charge on any atom is 0.323 e.